The number of carbonyl (C=O) groups excluding carboxylic acids is 1. The number of aromatic nitrogens is 4. The molecule has 0 saturated heterocycles. The van der Waals surface area contributed by atoms with Gasteiger partial charge in [0.1, 0.15) is 6.61 Å². The predicted octanol–water partition coefficient (Wildman–Crippen LogP) is 6.58. The van der Waals surface area contributed by atoms with E-state index in [0.717, 1.165) is 12.1 Å². The van der Waals surface area contributed by atoms with Gasteiger partial charge in [-0.2, -0.15) is 13.2 Å². The van der Waals surface area contributed by atoms with Crippen LogP contribution < -0.4 is 4.74 Å². The number of ether oxygens (including phenoxy) is 1. The average molecular weight is 545 g/mol. The minimum absolute atomic E-state index is 0.0241. The Kier molecular flexibility index (Phi) is 8.05. The number of alkyl halides is 3. The number of hydrogen-bond donors (Lipinski definition) is 0. The molecule has 0 N–H and O–H groups in total. The summed E-state index contributed by atoms with van der Waals surface area (Å²) in [5, 5.41) is 8.73. The lowest BCUT2D eigenvalue weighted by atomic mass is 10.1. The summed E-state index contributed by atoms with van der Waals surface area (Å²) in [6.45, 7) is 7.49. The van der Waals surface area contributed by atoms with Gasteiger partial charge in [-0.3, -0.25) is 9.36 Å². The molecule has 0 fully saturated rings. The molecule has 38 heavy (non-hydrogen) atoms. The molecule has 0 radical (unpaired) electrons. The maximum absolute atomic E-state index is 13.9. The summed E-state index contributed by atoms with van der Waals surface area (Å²) in [6, 6.07) is 12.7. The SMILES string of the molecule is C=CCn1c(COc2ccccc2F)nnc1SCC(=O)c1cc(C)n(-c2cccc(C(F)(F)F)c2)c1C. The Hall–Kier alpha value is -3.86. The summed E-state index contributed by atoms with van der Waals surface area (Å²) in [4.78, 5) is 13.1. The first-order valence-electron chi connectivity index (χ1n) is 11.5. The van der Waals surface area contributed by atoms with Crippen molar-refractivity contribution in [2.45, 2.75) is 38.3 Å². The number of para-hydroxylation sites is 1. The van der Waals surface area contributed by atoms with Crippen molar-refractivity contribution in [3.8, 4) is 11.4 Å². The number of halogens is 4. The molecule has 0 bridgehead atoms. The second-order valence-electron chi connectivity index (χ2n) is 8.40. The number of hydrogen-bond acceptors (Lipinski definition) is 5. The van der Waals surface area contributed by atoms with Crippen molar-refractivity contribution in [3.05, 3.63) is 101 Å². The molecule has 0 amide bonds. The molecule has 2 heterocycles. The van der Waals surface area contributed by atoms with Crippen LogP contribution in [0.4, 0.5) is 17.6 Å². The maximum Gasteiger partial charge on any atom is 0.416 e. The smallest absolute Gasteiger partial charge is 0.416 e. The van der Waals surface area contributed by atoms with Gasteiger partial charge in [-0.15, -0.1) is 16.8 Å². The molecule has 198 valence electrons. The number of benzene rings is 2. The predicted molar refractivity (Wildman–Crippen MR) is 136 cm³/mol. The lowest BCUT2D eigenvalue weighted by molar-refractivity contribution is -0.137. The highest BCUT2D eigenvalue weighted by Crippen LogP contribution is 2.32. The Bertz CT molecular complexity index is 1480. The van der Waals surface area contributed by atoms with Crippen LogP contribution in [0.5, 0.6) is 5.75 Å². The molecule has 0 aliphatic heterocycles. The van der Waals surface area contributed by atoms with E-state index in [1.807, 2.05) is 0 Å². The van der Waals surface area contributed by atoms with E-state index in [1.165, 1.54) is 30.0 Å². The van der Waals surface area contributed by atoms with E-state index in [0.29, 0.717) is 40.2 Å². The molecule has 4 rings (SSSR count). The van der Waals surface area contributed by atoms with E-state index in [-0.39, 0.29) is 23.9 Å². The van der Waals surface area contributed by atoms with Crippen molar-refractivity contribution >= 4 is 17.5 Å². The van der Waals surface area contributed by atoms with Gasteiger partial charge in [0.05, 0.1) is 11.3 Å². The lowest BCUT2D eigenvalue weighted by Crippen LogP contribution is -2.10. The first-order chi connectivity index (χ1) is 18.1. The minimum atomic E-state index is -4.47. The first kappa shape index (κ1) is 27.2. The average Bonchev–Trinajstić information content (AvgIpc) is 3.40. The van der Waals surface area contributed by atoms with Crippen molar-refractivity contribution in [1.82, 2.24) is 19.3 Å². The number of nitrogens with zero attached hydrogens (tertiary/aromatic N) is 4. The van der Waals surface area contributed by atoms with E-state index in [2.05, 4.69) is 16.8 Å². The Morgan fingerprint density at radius 2 is 1.87 bits per heavy atom. The van der Waals surface area contributed by atoms with Crippen molar-refractivity contribution in [2.24, 2.45) is 0 Å². The summed E-state index contributed by atoms with van der Waals surface area (Å²) < 4.78 is 62.4. The Morgan fingerprint density at radius 1 is 1.11 bits per heavy atom. The fourth-order valence-corrected chi connectivity index (χ4v) is 4.87. The summed E-state index contributed by atoms with van der Waals surface area (Å²) in [5.41, 5.74) is 1.15. The molecule has 4 aromatic rings. The second-order valence-corrected chi connectivity index (χ2v) is 9.34. The number of rotatable bonds is 10. The van der Waals surface area contributed by atoms with Crippen molar-refractivity contribution in [3.63, 3.8) is 0 Å². The molecule has 0 saturated carbocycles. The monoisotopic (exact) mass is 544 g/mol. The molecule has 11 heteroatoms. The van der Waals surface area contributed by atoms with Gasteiger partial charge in [-0.25, -0.2) is 4.39 Å². The number of allylic oxidation sites excluding steroid dienone is 1. The molecule has 6 nitrogen and oxygen atoms in total. The van der Waals surface area contributed by atoms with Crippen molar-refractivity contribution in [1.29, 1.82) is 0 Å². The van der Waals surface area contributed by atoms with Crippen LogP contribution in [0.3, 0.4) is 0 Å². The standard InChI is InChI=1S/C27H24F4N4O2S/c1-4-12-34-25(15-37-24-11-6-5-10-22(24)28)32-33-26(34)38-16-23(36)21-13-17(2)35(18(21)3)20-9-7-8-19(14-20)27(29,30)31/h4-11,13-14H,1,12,15-16H2,2-3H3. The Balaban J connectivity index is 1.50. The zero-order valence-corrected chi connectivity index (χ0v) is 21.4. The third kappa shape index (κ3) is 5.83. The molecular weight excluding hydrogens is 520 g/mol. The van der Waals surface area contributed by atoms with Gasteiger partial charge in [-0.05, 0) is 50.2 Å². The summed E-state index contributed by atoms with van der Waals surface area (Å²) in [7, 11) is 0. The molecule has 2 aromatic heterocycles. The van der Waals surface area contributed by atoms with Gasteiger partial charge in [0.2, 0.25) is 0 Å². The fourth-order valence-electron chi connectivity index (χ4n) is 4.02. The van der Waals surface area contributed by atoms with E-state index in [4.69, 9.17) is 4.74 Å². The van der Waals surface area contributed by atoms with Gasteiger partial charge in [-0.1, -0.05) is 36.0 Å². The van der Waals surface area contributed by atoms with Crippen LogP contribution in [0.25, 0.3) is 5.69 Å². The Morgan fingerprint density at radius 3 is 2.58 bits per heavy atom. The largest absolute Gasteiger partial charge is 0.483 e. The molecule has 0 aliphatic rings. The molecular formula is C27H24F4N4O2S. The number of aryl methyl sites for hydroxylation is 1. The third-order valence-electron chi connectivity index (χ3n) is 5.79. The van der Waals surface area contributed by atoms with Crippen LogP contribution in [-0.4, -0.2) is 30.9 Å². The molecule has 0 atom stereocenters. The third-order valence-corrected chi connectivity index (χ3v) is 6.76. The Labute approximate surface area is 221 Å². The van der Waals surface area contributed by atoms with Gasteiger partial charge < -0.3 is 9.30 Å². The van der Waals surface area contributed by atoms with E-state index in [1.54, 1.807) is 53.3 Å². The fraction of sp³-hybridized carbons (Fsp3) is 0.222. The molecule has 0 unspecified atom stereocenters. The topological polar surface area (TPSA) is 61.9 Å². The van der Waals surface area contributed by atoms with Crippen molar-refractivity contribution < 1.29 is 27.1 Å². The summed E-state index contributed by atoms with van der Waals surface area (Å²) in [6.07, 6.45) is -2.83. The van der Waals surface area contributed by atoms with Crippen molar-refractivity contribution in [2.75, 3.05) is 5.75 Å². The van der Waals surface area contributed by atoms with Gasteiger partial charge in [0.15, 0.2) is 28.3 Å². The van der Waals surface area contributed by atoms with E-state index >= 15 is 0 Å². The number of Topliss-reactive ketones (excluding diaryl/α,β-unsaturated/α-hetero) is 1. The van der Waals surface area contributed by atoms with Crippen LogP contribution in [0.1, 0.15) is 33.1 Å². The number of thioether (sulfide) groups is 1. The summed E-state index contributed by atoms with van der Waals surface area (Å²) in [5.74, 6) is -0.160. The second kappa shape index (κ2) is 11.3. The zero-order valence-electron chi connectivity index (χ0n) is 20.6. The highest BCUT2D eigenvalue weighted by Gasteiger charge is 2.31. The van der Waals surface area contributed by atoms with Gasteiger partial charge >= 0.3 is 6.18 Å². The number of ketones is 1. The normalized spacial score (nSPS) is 11.5. The maximum atomic E-state index is 13.9. The first-order valence-corrected chi connectivity index (χ1v) is 12.5. The molecule has 0 aliphatic carbocycles. The van der Waals surface area contributed by atoms with Crippen LogP contribution in [0.15, 0.2) is 72.4 Å². The quantitative estimate of drug-likeness (QED) is 0.0977. The van der Waals surface area contributed by atoms with Crippen LogP contribution in [0, 0.1) is 19.7 Å². The van der Waals surface area contributed by atoms with Gasteiger partial charge in [0.25, 0.3) is 0 Å². The zero-order chi connectivity index (χ0) is 27.4. The van der Waals surface area contributed by atoms with E-state index < -0.39 is 17.6 Å². The van der Waals surface area contributed by atoms with Crippen LogP contribution in [-0.2, 0) is 19.3 Å². The van der Waals surface area contributed by atoms with E-state index in [9.17, 15) is 22.4 Å². The van der Waals surface area contributed by atoms with Crippen LogP contribution in [0.2, 0.25) is 0 Å². The molecule has 2 aromatic carbocycles. The highest BCUT2D eigenvalue weighted by atomic mass is 32.2. The number of carbonyl (C=O) groups is 1. The lowest BCUT2D eigenvalue weighted by Gasteiger charge is -2.13. The summed E-state index contributed by atoms with van der Waals surface area (Å²) >= 11 is 1.17. The van der Waals surface area contributed by atoms with Crippen LogP contribution >= 0.6 is 11.8 Å². The minimum Gasteiger partial charge on any atom is -0.483 e. The van der Waals surface area contributed by atoms with Gasteiger partial charge in [0, 0.05) is 29.2 Å². The molecule has 0 spiro atoms. The highest BCUT2D eigenvalue weighted by molar-refractivity contribution is 7.99.